The predicted octanol–water partition coefficient (Wildman–Crippen LogP) is 1.05. The van der Waals surface area contributed by atoms with E-state index in [0.717, 1.165) is 5.57 Å². The molecule has 0 heterocycles. The Labute approximate surface area is 172 Å². The Hall–Kier alpha value is -0.860. The van der Waals surface area contributed by atoms with E-state index < -0.39 is 45.4 Å². The van der Waals surface area contributed by atoms with Crippen LogP contribution in [0.15, 0.2) is 23.8 Å². The molecular formula is C21H27BrO6. The van der Waals surface area contributed by atoms with Crippen LogP contribution in [0, 0.1) is 22.7 Å². The maximum atomic E-state index is 12.5. The van der Waals surface area contributed by atoms with E-state index in [0.29, 0.717) is 12.8 Å². The molecule has 8 atom stereocenters. The molecule has 0 bridgehead atoms. The highest BCUT2D eigenvalue weighted by Crippen LogP contribution is 2.70. The van der Waals surface area contributed by atoms with Crippen molar-refractivity contribution in [2.24, 2.45) is 22.7 Å². The Morgan fingerprint density at radius 1 is 1.25 bits per heavy atom. The average molecular weight is 455 g/mol. The first kappa shape index (κ1) is 20.4. The molecular weight excluding hydrogens is 428 g/mol. The molecule has 0 aromatic carbocycles. The van der Waals surface area contributed by atoms with Gasteiger partial charge in [0.05, 0.1) is 16.5 Å². The summed E-state index contributed by atoms with van der Waals surface area (Å²) in [6, 6.07) is 0. The number of carbonyl (C=O) groups is 2. The third-order valence-corrected chi connectivity index (χ3v) is 10.4. The van der Waals surface area contributed by atoms with E-state index in [1.54, 1.807) is 13.0 Å². The summed E-state index contributed by atoms with van der Waals surface area (Å²) in [4.78, 5) is 24.4. The Morgan fingerprint density at radius 3 is 2.57 bits per heavy atom. The molecule has 0 aromatic heterocycles. The Bertz CT molecular complexity index is 807. The standard InChI is InChI=1S/C21H27BrO6/c1-18-6-5-12(24)7-11(18)3-4-13-14-8-15(25)21(28,17(27)10-23)19(14,2)9-16(26)20(13,18)22/h5-7,13-16,23,25-26,28H,3-4,8-10H2,1-2H3/t13-,14-,15+,16-,18-,19-,20-,21-/m0/s1. The molecule has 4 N–H and O–H groups in total. The number of hydrogen-bond acceptors (Lipinski definition) is 6. The third kappa shape index (κ3) is 2.12. The van der Waals surface area contributed by atoms with Gasteiger partial charge in [0, 0.05) is 10.8 Å². The summed E-state index contributed by atoms with van der Waals surface area (Å²) < 4.78 is -0.779. The second-order valence-corrected chi connectivity index (χ2v) is 10.7. The van der Waals surface area contributed by atoms with Crippen molar-refractivity contribution >= 4 is 27.5 Å². The summed E-state index contributed by atoms with van der Waals surface area (Å²) in [6.45, 7) is 2.89. The van der Waals surface area contributed by atoms with Crippen LogP contribution in [-0.4, -0.2) is 60.7 Å². The maximum Gasteiger partial charge on any atom is 0.192 e. The number of allylic oxidation sites excluding steroid dienone is 4. The van der Waals surface area contributed by atoms with E-state index >= 15 is 0 Å². The lowest BCUT2D eigenvalue weighted by atomic mass is 9.46. The van der Waals surface area contributed by atoms with E-state index in [4.69, 9.17) is 0 Å². The van der Waals surface area contributed by atoms with Gasteiger partial charge in [0.2, 0.25) is 0 Å². The van der Waals surface area contributed by atoms with Crippen LogP contribution >= 0.6 is 15.9 Å². The van der Waals surface area contributed by atoms with Gasteiger partial charge in [0.1, 0.15) is 6.61 Å². The van der Waals surface area contributed by atoms with Gasteiger partial charge < -0.3 is 20.4 Å². The fraction of sp³-hybridized carbons (Fsp3) is 0.714. The molecule has 0 aromatic rings. The smallest absolute Gasteiger partial charge is 0.192 e. The largest absolute Gasteiger partial charge is 0.392 e. The van der Waals surface area contributed by atoms with Gasteiger partial charge in [-0.25, -0.2) is 0 Å². The molecule has 0 unspecified atom stereocenters. The lowest BCUT2D eigenvalue weighted by molar-refractivity contribution is -0.185. The number of rotatable bonds is 2. The Morgan fingerprint density at radius 2 is 1.93 bits per heavy atom. The molecule has 154 valence electrons. The van der Waals surface area contributed by atoms with Crippen molar-refractivity contribution in [3.63, 3.8) is 0 Å². The molecule has 3 fully saturated rings. The van der Waals surface area contributed by atoms with Crippen molar-refractivity contribution in [3.05, 3.63) is 23.8 Å². The quantitative estimate of drug-likeness (QED) is 0.463. The van der Waals surface area contributed by atoms with E-state index in [1.165, 1.54) is 6.08 Å². The van der Waals surface area contributed by atoms with E-state index in [9.17, 15) is 30.0 Å². The van der Waals surface area contributed by atoms with Crippen LogP contribution in [0.1, 0.15) is 39.5 Å². The Kier molecular flexibility index (Phi) is 4.43. The minimum Gasteiger partial charge on any atom is -0.392 e. The number of hydrogen-bond donors (Lipinski definition) is 4. The van der Waals surface area contributed by atoms with Crippen molar-refractivity contribution in [2.75, 3.05) is 6.61 Å². The first-order valence-electron chi connectivity index (χ1n) is 9.82. The lowest BCUT2D eigenvalue weighted by Gasteiger charge is -2.64. The fourth-order valence-electron chi connectivity index (χ4n) is 6.85. The van der Waals surface area contributed by atoms with Gasteiger partial charge in [-0.15, -0.1) is 0 Å². The highest BCUT2D eigenvalue weighted by Gasteiger charge is 2.75. The number of carbonyl (C=O) groups excluding carboxylic acids is 2. The molecule has 7 heteroatoms. The topological polar surface area (TPSA) is 115 Å². The van der Waals surface area contributed by atoms with Crippen LogP contribution in [-0.2, 0) is 9.59 Å². The molecule has 4 rings (SSSR count). The van der Waals surface area contributed by atoms with Crippen LogP contribution in [0.5, 0.6) is 0 Å². The van der Waals surface area contributed by atoms with E-state index in [-0.39, 0.29) is 30.5 Å². The van der Waals surface area contributed by atoms with Crippen molar-refractivity contribution in [1.82, 2.24) is 0 Å². The summed E-state index contributed by atoms with van der Waals surface area (Å²) in [7, 11) is 0. The zero-order valence-electron chi connectivity index (χ0n) is 16.1. The second kappa shape index (κ2) is 6.08. The molecule has 0 amide bonds. The number of aliphatic hydroxyl groups is 4. The SMILES string of the molecule is C[C@]12C=CC(=O)C=C1CC[C@H]1[C@@H]3C[C@@H](O)[C@](O)(C(=O)CO)[C@@]3(C)C[C@H](O)[C@@]12Br. The first-order chi connectivity index (χ1) is 13.0. The van der Waals surface area contributed by atoms with Gasteiger partial charge in [-0.2, -0.15) is 0 Å². The van der Waals surface area contributed by atoms with Crippen LogP contribution < -0.4 is 0 Å². The normalized spacial score (nSPS) is 52.5. The number of halogens is 1. The van der Waals surface area contributed by atoms with Gasteiger partial charge in [0.25, 0.3) is 0 Å². The minimum atomic E-state index is -2.09. The maximum absolute atomic E-state index is 12.5. The van der Waals surface area contributed by atoms with Gasteiger partial charge in [0.15, 0.2) is 17.2 Å². The van der Waals surface area contributed by atoms with Gasteiger partial charge in [-0.05, 0) is 49.7 Å². The van der Waals surface area contributed by atoms with E-state index in [1.807, 2.05) is 13.0 Å². The summed E-state index contributed by atoms with van der Waals surface area (Å²) in [5.74, 6) is -1.21. The fourth-order valence-corrected chi connectivity index (χ4v) is 7.95. The molecule has 0 saturated heterocycles. The minimum absolute atomic E-state index is 0.0589. The molecule has 28 heavy (non-hydrogen) atoms. The number of fused-ring (bicyclic) bond motifs is 5. The first-order valence-corrected chi connectivity index (χ1v) is 10.6. The molecule has 4 aliphatic rings. The number of Topliss-reactive ketones (excluding diaryl/α,β-unsaturated/α-hetero) is 1. The van der Waals surface area contributed by atoms with Crippen LogP contribution in [0.25, 0.3) is 0 Å². The number of aliphatic hydroxyl groups excluding tert-OH is 3. The van der Waals surface area contributed by atoms with Gasteiger partial charge in [-0.1, -0.05) is 41.4 Å². The highest BCUT2D eigenvalue weighted by atomic mass is 79.9. The molecule has 4 aliphatic carbocycles. The van der Waals surface area contributed by atoms with Crippen molar-refractivity contribution in [2.45, 2.75) is 61.7 Å². The summed E-state index contributed by atoms with van der Waals surface area (Å²) in [6.07, 6.45) is 4.48. The van der Waals surface area contributed by atoms with Crippen LogP contribution in [0.2, 0.25) is 0 Å². The van der Waals surface area contributed by atoms with Crippen LogP contribution in [0.3, 0.4) is 0 Å². The van der Waals surface area contributed by atoms with Crippen LogP contribution in [0.4, 0.5) is 0 Å². The number of ketones is 2. The predicted molar refractivity (Wildman–Crippen MR) is 105 cm³/mol. The molecule has 0 radical (unpaired) electrons. The van der Waals surface area contributed by atoms with Crippen molar-refractivity contribution in [3.8, 4) is 0 Å². The summed E-state index contributed by atoms with van der Waals surface area (Å²) >= 11 is 3.88. The molecule has 0 aliphatic heterocycles. The van der Waals surface area contributed by atoms with Crippen molar-refractivity contribution < 1.29 is 30.0 Å². The van der Waals surface area contributed by atoms with E-state index in [2.05, 4.69) is 15.9 Å². The second-order valence-electron chi connectivity index (χ2n) is 9.36. The molecule has 3 saturated carbocycles. The van der Waals surface area contributed by atoms with Crippen molar-refractivity contribution in [1.29, 1.82) is 0 Å². The highest BCUT2D eigenvalue weighted by molar-refractivity contribution is 9.10. The van der Waals surface area contributed by atoms with Gasteiger partial charge >= 0.3 is 0 Å². The summed E-state index contributed by atoms with van der Waals surface area (Å²) in [5.41, 5.74) is -2.76. The molecule has 0 spiro atoms. The third-order valence-electron chi connectivity index (χ3n) is 8.43. The lowest BCUT2D eigenvalue weighted by Crippen LogP contribution is -2.69. The number of alkyl halides is 1. The zero-order valence-corrected chi connectivity index (χ0v) is 17.6. The molecule has 6 nitrogen and oxygen atoms in total. The Balaban J connectivity index is 1.84. The zero-order chi connectivity index (χ0) is 20.7. The van der Waals surface area contributed by atoms with Gasteiger partial charge in [-0.3, -0.25) is 9.59 Å². The summed E-state index contributed by atoms with van der Waals surface area (Å²) in [5, 5.41) is 42.7. The monoisotopic (exact) mass is 454 g/mol. The average Bonchev–Trinajstić information content (AvgIpc) is 2.84.